The van der Waals surface area contributed by atoms with Crippen LogP contribution in [0.2, 0.25) is 5.15 Å². The summed E-state index contributed by atoms with van der Waals surface area (Å²) in [6.45, 7) is 5.04. The van der Waals surface area contributed by atoms with Gasteiger partial charge in [0.05, 0.1) is 13.2 Å². The molecular formula is C30H30ClFN4O2. The number of urea groups is 1. The van der Waals surface area contributed by atoms with E-state index in [1.165, 1.54) is 28.8 Å². The number of pyridine rings is 1. The average Bonchev–Trinajstić information content (AvgIpc) is 3.51. The molecule has 2 aromatic carbocycles. The minimum absolute atomic E-state index is 0.0680. The fourth-order valence-electron chi connectivity index (χ4n) is 5.85. The van der Waals surface area contributed by atoms with Crippen molar-refractivity contribution in [2.24, 2.45) is 0 Å². The fourth-order valence-corrected chi connectivity index (χ4v) is 6.04. The Bertz CT molecular complexity index is 1370. The van der Waals surface area contributed by atoms with Gasteiger partial charge in [-0.3, -0.25) is 9.80 Å². The summed E-state index contributed by atoms with van der Waals surface area (Å²) in [6, 6.07) is 14.5. The van der Waals surface area contributed by atoms with Crippen molar-refractivity contribution < 1.29 is 13.9 Å². The second-order valence-electron chi connectivity index (χ2n) is 10.4. The van der Waals surface area contributed by atoms with Gasteiger partial charge in [0.15, 0.2) is 0 Å². The summed E-state index contributed by atoms with van der Waals surface area (Å²) < 4.78 is 18.9. The average molecular weight is 533 g/mol. The molecule has 0 bridgehead atoms. The van der Waals surface area contributed by atoms with Gasteiger partial charge in [0.2, 0.25) is 0 Å². The van der Waals surface area contributed by atoms with Crippen molar-refractivity contribution in [3.63, 3.8) is 0 Å². The maximum atomic E-state index is 13.4. The zero-order chi connectivity index (χ0) is 26.1. The van der Waals surface area contributed by atoms with E-state index in [9.17, 15) is 9.18 Å². The highest BCUT2D eigenvalue weighted by atomic mass is 35.5. The van der Waals surface area contributed by atoms with Gasteiger partial charge in [0.1, 0.15) is 11.0 Å². The number of nitrogens with zero attached hydrogens (tertiary/aromatic N) is 3. The summed E-state index contributed by atoms with van der Waals surface area (Å²) in [4.78, 5) is 21.8. The van der Waals surface area contributed by atoms with E-state index in [0.717, 1.165) is 49.3 Å². The summed E-state index contributed by atoms with van der Waals surface area (Å²) >= 11 is 6.02. The van der Waals surface area contributed by atoms with E-state index in [1.54, 1.807) is 24.4 Å². The van der Waals surface area contributed by atoms with Gasteiger partial charge in [0, 0.05) is 36.9 Å². The largest absolute Gasteiger partial charge is 0.372 e. The zero-order valence-electron chi connectivity index (χ0n) is 21.1. The number of nitrogens with one attached hydrogen (secondary N) is 1. The molecule has 8 heteroatoms. The van der Waals surface area contributed by atoms with Crippen LogP contribution < -0.4 is 10.2 Å². The quantitative estimate of drug-likeness (QED) is 0.429. The molecule has 2 amide bonds. The Hall–Kier alpha value is -3.26. The normalized spacial score (nSPS) is 18.2. The van der Waals surface area contributed by atoms with Crippen LogP contribution in [0.5, 0.6) is 0 Å². The summed E-state index contributed by atoms with van der Waals surface area (Å²) in [5.74, 6) is -0.220. The number of carbonyl (C=O) groups is 1. The molecule has 38 heavy (non-hydrogen) atoms. The Morgan fingerprint density at radius 1 is 1.11 bits per heavy atom. The number of benzene rings is 2. The molecule has 1 spiro atoms. The zero-order valence-corrected chi connectivity index (χ0v) is 21.9. The molecule has 0 radical (unpaired) electrons. The van der Waals surface area contributed by atoms with Gasteiger partial charge in [-0.1, -0.05) is 42.0 Å². The maximum absolute atomic E-state index is 13.4. The van der Waals surface area contributed by atoms with E-state index in [-0.39, 0.29) is 17.3 Å². The van der Waals surface area contributed by atoms with Gasteiger partial charge >= 0.3 is 6.03 Å². The van der Waals surface area contributed by atoms with Gasteiger partial charge < -0.3 is 10.1 Å². The predicted octanol–water partition coefficient (Wildman–Crippen LogP) is 5.68. The lowest BCUT2D eigenvalue weighted by Crippen LogP contribution is -2.47. The van der Waals surface area contributed by atoms with Crippen LogP contribution in [0.1, 0.15) is 40.7 Å². The van der Waals surface area contributed by atoms with Crippen LogP contribution in [-0.2, 0) is 29.9 Å². The highest BCUT2D eigenvalue weighted by Gasteiger charge is 2.47. The molecule has 1 fully saturated rings. The van der Waals surface area contributed by atoms with E-state index in [4.69, 9.17) is 16.3 Å². The summed E-state index contributed by atoms with van der Waals surface area (Å²) in [5, 5.41) is 3.49. The lowest BCUT2D eigenvalue weighted by atomic mass is 9.73. The lowest BCUT2D eigenvalue weighted by Gasteiger charge is -2.39. The van der Waals surface area contributed by atoms with Crippen molar-refractivity contribution in [1.82, 2.24) is 15.2 Å². The third-order valence-corrected chi connectivity index (χ3v) is 8.20. The number of piperidine rings is 1. The van der Waals surface area contributed by atoms with Gasteiger partial charge in [-0.2, -0.15) is 0 Å². The van der Waals surface area contributed by atoms with Crippen LogP contribution in [0.25, 0.3) is 6.08 Å². The Morgan fingerprint density at radius 3 is 2.63 bits per heavy atom. The third kappa shape index (κ3) is 5.06. The molecule has 3 aliphatic heterocycles. The number of amides is 2. The van der Waals surface area contributed by atoms with E-state index in [1.807, 2.05) is 17.0 Å². The first-order valence-corrected chi connectivity index (χ1v) is 13.4. The molecular weight excluding hydrogens is 503 g/mol. The summed E-state index contributed by atoms with van der Waals surface area (Å²) in [6.07, 6.45) is 7.79. The van der Waals surface area contributed by atoms with E-state index >= 15 is 0 Å². The Kier molecular flexibility index (Phi) is 6.91. The number of aromatic nitrogens is 1. The van der Waals surface area contributed by atoms with E-state index < -0.39 is 0 Å². The SMILES string of the molecule is O=C(NCc1ccnc(Cl)c1)N1CC2(CCN(C/C=C/c3ccc(F)cc3)CC2)c2cc3c(cc21)COC3. The van der Waals surface area contributed by atoms with Crippen molar-refractivity contribution in [2.45, 2.75) is 38.0 Å². The number of hydrogen-bond donors (Lipinski definition) is 1. The van der Waals surface area contributed by atoms with Crippen LogP contribution in [0, 0.1) is 5.82 Å². The number of likely N-dealkylation sites (tertiary alicyclic amines) is 1. The molecule has 0 aliphatic carbocycles. The Balaban J connectivity index is 1.16. The maximum Gasteiger partial charge on any atom is 0.322 e. The molecule has 6 nitrogen and oxygen atoms in total. The molecule has 1 aromatic heterocycles. The highest BCUT2D eigenvalue weighted by molar-refractivity contribution is 6.29. The molecule has 0 atom stereocenters. The predicted molar refractivity (Wildman–Crippen MR) is 147 cm³/mol. The lowest BCUT2D eigenvalue weighted by molar-refractivity contribution is 0.134. The minimum atomic E-state index is -0.220. The smallest absolute Gasteiger partial charge is 0.322 e. The highest BCUT2D eigenvalue weighted by Crippen LogP contribution is 2.48. The molecule has 196 valence electrons. The van der Waals surface area contributed by atoms with Crippen LogP contribution in [-0.4, -0.2) is 42.1 Å². The van der Waals surface area contributed by atoms with E-state index in [0.29, 0.717) is 31.5 Å². The topological polar surface area (TPSA) is 57.7 Å². The van der Waals surface area contributed by atoms with Gasteiger partial charge in [-0.25, -0.2) is 14.2 Å². The fraction of sp³-hybridized carbons (Fsp3) is 0.333. The Morgan fingerprint density at radius 2 is 1.87 bits per heavy atom. The molecule has 6 rings (SSSR count). The number of fused-ring (bicyclic) bond motifs is 3. The third-order valence-electron chi connectivity index (χ3n) is 7.99. The molecule has 1 N–H and O–H groups in total. The number of rotatable bonds is 5. The van der Waals surface area contributed by atoms with Crippen LogP contribution in [0.3, 0.4) is 0 Å². The number of anilines is 1. The number of ether oxygens (including phenoxy) is 1. The summed E-state index contributed by atoms with van der Waals surface area (Å²) in [5.41, 5.74) is 6.52. The summed E-state index contributed by atoms with van der Waals surface area (Å²) in [7, 11) is 0. The van der Waals surface area contributed by atoms with Crippen molar-refractivity contribution in [2.75, 3.05) is 31.1 Å². The molecule has 3 aromatic rings. The molecule has 3 aliphatic rings. The van der Waals surface area contributed by atoms with Crippen LogP contribution >= 0.6 is 11.6 Å². The van der Waals surface area contributed by atoms with Crippen molar-refractivity contribution in [3.8, 4) is 0 Å². The molecule has 1 saturated heterocycles. The van der Waals surface area contributed by atoms with E-state index in [2.05, 4.69) is 33.4 Å². The minimum Gasteiger partial charge on any atom is -0.372 e. The van der Waals surface area contributed by atoms with Crippen LogP contribution in [0.15, 0.2) is 60.8 Å². The van der Waals surface area contributed by atoms with Crippen LogP contribution in [0.4, 0.5) is 14.9 Å². The number of carbonyl (C=O) groups excluding carboxylic acids is 1. The van der Waals surface area contributed by atoms with Gasteiger partial charge in [-0.15, -0.1) is 0 Å². The van der Waals surface area contributed by atoms with Gasteiger partial charge in [0.25, 0.3) is 0 Å². The van der Waals surface area contributed by atoms with Crippen molar-refractivity contribution in [1.29, 1.82) is 0 Å². The first-order chi connectivity index (χ1) is 18.5. The first-order valence-electron chi connectivity index (χ1n) is 13.0. The first kappa shape index (κ1) is 25.0. The monoisotopic (exact) mass is 532 g/mol. The standard InChI is InChI=1S/C30H30ClFN4O2/c31-28-14-22(7-10-33-28)17-34-29(37)36-20-30(26-15-23-18-38-19-24(23)16-27(26)36)8-12-35(13-9-30)11-1-2-21-3-5-25(32)6-4-21/h1-7,10,14-16H,8-9,11-13,17-20H2,(H,34,37)/b2-1+. The number of halogens is 2. The van der Waals surface area contributed by atoms with Crippen molar-refractivity contribution >= 4 is 29.4 Å². The molecule has 0 saturated carbocycles. The Labute approximate surface area is 227 Å². The second kappa shape index (κ2) is 10.5. The van der Waals surface area contributed by atoms with Crippen molar-refractivity contribution in [3.05, 3.63) is 99.6 Å². The second-order valence-corrected chi connectivity index (χ2v) is 10.8. The number of hydrogen-bond acceptors (Lipinski definition) is 4. The molecule has 0 unspecified atom stereocenters. The van der Waals surface area contributed by atoms with Gasteiger partial charge in [-0.05, 0) is 84.1 Å². The molecule has 4 heterocycles.